The van der Waals surface area contributed by atoms with Crippen LogP contribution in [0.4, 0.5) is 0 Å². The lowest BCUT2D eigenvalue weighted by atomic mass is 10.0. The molecule has 0 aliphatic carbocycles. The number of rotatable bonds is 4. The van der Waals surface area contributed by atoms with Gasteiger partial charge in [0.05, 0.1) is 11.1 Å². The molecule has 4 aromatic heterocycles. The number of aromatic nitrogens is 5. The van der Waals surface area contributed by atoms with Gasteiger partial charge in [0.2, 0.25) is 0 Å². The lowest BCUT2D eigenvalue weighted by Gasteiger charge is -2.09. The summed E-state index contributed by atoms with van der Waals surface area (Å²) >= 11 is 0. The maximum Gasteiger partial charge on any atom is 0.164 e. The number of nitrogens with zero attached hydrogens (tertiary/aromatic N) is 5. The molecule has 4 aromatic carbocycles. The summed E-state index contributed by atoms with van der Waals surface area (Å²) in [5.74, 6) is 1.87. The normalized spacial score (nSPS) is 11.4. The maximum atomic E-state index is 6.08. The summed E-state index contributed by atoms with van der Waals surface area (Å²) in [6.07, 6.45) is 3.65. The molecular formula is C35H21N5O. The topological polar surface area (TPSA) is 77.6 Å². The summed E-state index contributed by atoms with van der Waals surface area (Å²) in [6.45, 7) is 0. The van der Waals surface area contributed by atoms with Crippen molar-refractivity contribution in [3.63, 3.8) is 0 Å². The molecule has 0 amide bonds. The van der Waals surface area contributed by atoms with Gasteiger partial charge >= 0.3 is 0 Å². The third kappa shape index (κ3) is 4.10. The van der Waals surface area contributed by atoms with Crippen molar-refractivity contribution in [1.82, 2.24) is 24.9 Å². The van der Waals surface area contributed by atoms with Gasteiger partial charge in [0, 0.05) is 39.9 Å². The molecule has 192 valence electrons. The van der Waals surface area contributed by atoms with E-state index in [4.69, 9.17) is 29.3 Å². The van der Waals surface area contributed by atoms with Crippen molar-refractivity contribution in [2.24, 2.45) is 0 Å². The molecule has 0 saturated carbocycles. The lowest BCUT2D eigenvalue weighted by Crippen LogP contribution is -2.00. The van der Waals surface area contributed by atoms with Crippen molar-refractivity contribution < 1.29 is 4.42 Å². The van der Waals surface area contributed by atoms with Gasteiger partial charge in [-0.2, -0.15) is 0 Å². The van der Waals surface area contributed by atoms with E-state index in [1.165, 1.54) is 0 Å². The van der Waals surface area contributed by atoms with Crippen LogP contribution in [-0.4, -0.2) is 24.9 Å². The van der Waals surface area contributed by atoms with E-state index in [1.807, 2.05) is 97.2 Å². The zero-order valence-corrected chi connectivity index (χ0v) is 21.8. The molecule has 0 spiro atoms. The number of hydrogen-bond acceptors (Lipinski definition) is 6. The highest BCUT2D eigenvalue weighted by Crippen LogP contribution is 2.35. The van der Waals surface area contributed by atoms with Crippen LogP contribution in [-0.2, 0) is 0 Å². The Morgan fingerprint density at radius 1 is 0.488 bits per heavy atom. The van der Waals surface area contributed by atoms with Crippen LogP contribution in [0.1, 0.15) is 0 Å². The van der Waals surface area contributed by atoms with Crippen molar-refractivity contribution in [3.8, 4) is 45.6 Å². The Bertz CT molecular complexity index is 2150. The largest absolute Gasteiger partial charge is 0.456 e. The molecule has 0 fully saturated rings. The average molecular weight is 528 g/mol. The first-order valence-electron chi connectivity index (χ1n) is 13.3. The van der Waals surface area contributed by atoms with Gasteiger partial charge in [-0.15, -0.1) is 0 Å². The molecule has 41 heavy (non-hydrogen) atoms. The monoisotopic (exact) mass is 527 g/mol. The van der Waals surface area contributed by atoms with E-state index in [2.05, 4.69) is 24.3 Å². The number of furan rings is 1. The van der Waals surface area contributed by atoms with Gasteiger partial charge in [-0.05, 0) is 29.7 Å². The molecule has 0 saturated heterocycles. The molecular weight excluding hydrogens is 506 g/mol. The highest BCUT2D eigenvalue weighted by atomic mass is 16.3. The third-order valence-corrected chi connectivity index (χ3v) is 7.21. The molecule has 4 heterocycles. The van der Waals surface area contributed by atoms with E-state index >= 15 is 0 Å². The number of para-hydroxylation sites is 1. The van der Waals surface area contributed by atoms with Crippen molar-refractivity contribution in [2.45, 2.75) is 0 Å². The van der Waals surface area contributed by atoms with Gasteiger partial charge in [-0.3, -0.25) is 9.97 Å². The minimum Gasteiger partial charge on any atom is -0.456 e. The molecule has 8 rings (SSSR count). The van der Waals surface area contributed by atoms with E-state index in [-0.39, 0.29) is 0 Å². The zero-order valence-electron chi connectivity index (χ0n) is 21.8. The second kappa shape index (κ2) is 9.47. The summed E-state index contributed by atoms with van der Waals surface area (Å²) < 4.78 is 6.08. The Morgan fingerprint density at radius 3 is 1.88 bits per heavy atom. The van der Waals surface area contributed by atoms with Crippen LogP contribution >= 0.6 is 0 Å². The van der Waals surface area contributed by atoms with Crippen molar-refractivity contribution >= 4 is 32.7 Å². The molecule has 0 N–H and O–H groups in total. The fourth-order valence-electron chi connectivity index (χ4n) is 5.21. The van der Waals surface area contributed by atoms with Crippen LogP contribution in [0.15, 0.2) is 132 Å². The molecule has 0 unspecified atom stereocenters. The number of pyridine rings is 2. The Morgan fingerprint density at radius 2 is 1.15 bits per heavy atom. The SMILES string of the molecule is c1ccc(-c2nc(-c3ccccc3)nc(-c3ccc4cnc(-c5nccc6oc7ccccc7c56)cc4c3)n2)cc1. The van der Waals surface area contributed by atoms with Gasteiger partial charge < -0.3 is 4.42 Å². The second-order valence-electron chi connectivity index (χ2n) is 9.80. The fourth-order valence-corrected chi connectivity index (χ4v) is 5.21. The highest BCUT2D eigenvalue weighted by Gasteiger charge is 2.16. The Kier molecular flexibility index (Phi) is 5.35. The first-order chi connectivity index (χ1) is 20.3. The average Bonchev–Trinajstić information content (AvgIpc) is 3.44. The van der Waals surface area contributed by atoms with Gasteiger partial charge in [-0.1, -0.05) is 91.0 Å². The number of hydrogen-bond donors (Lipinski definition) is 0. The quantitative estimate of drug-likeness (QED) is 0.229. The van der Waals surface area contributed by atoms with Gasteiger partial charge in [0.25, 0.3) is 0 Å². The predicted molar refractivity (Wildman–Crippen MR) is 162 cm³/mol. The van der Waals surface area contributed by atoms with Crippen LogP contribution in [0.5, 0.6) is 0 Å². The van der Waals surface area contributed by atoms with Gasteiger partial charge in [0.15, 0.2) is 17.5 Å². The summed E-state index contributed by atoms with van der Waals surface area (Å²) in [6, 6.07) is 38.2. The number of fused-ring (bicyclic) bond motifs is 4. The standard InChI is InChI=1S/C35H21N5O/c1-3-9-22(10-4-1)33-38-34(23-11-5-2-6-12-23)40-35(39-33)24-15-16-25-21-37-28(20-26(25)19-24)32-31-27-13-7-8-14-29(27)41-30(31)17-18-36-32/h1-21H. The van der Waals surface area contributed by atoms with E-state index in [0.717, 1.165) is 60.8 Å². The predicted octanol–water partition coefficient (Wildman–Crippen LogP) is 8.38. The van der Waals surface area contributed by atoms with E-state index in [9.17, 15) is 0 Å². The second-order valence-corrected chi connectivity index (χ2v) is 9.80. The lowest BCUT2D eigenvalue weighted by molar-refractivity contribution is 0.668. The van der Waals surface area contributed by atoms with Gasteiger partial charge in [0.1, 0.15) is 16.9 Å². The smallest absolute Gasteiger partial charge is 0.164 e. The highest BCUT2D eigenvalue weighted by molar-refractivity contribution is 6.11. The van der Waals surface area contributed by atoms with Crippen molar-refractivity contribution in [3.05, 3.63) is 128 Å². The van der Waals surface area contributed by atoms with Crippen LogP contribution < -0.4 is 0 Å². The van der Waals surface area contributed by atoms with Crippen LogP contribution in [0, 0.1) is 0 Å². The van der Waals surface area contributed by atoms with Crippen molar-refractivity contribution in [1.29, 1.82) is 0 Å². The summed E-state index contributed by atoms with van der Waals surface area (Å²) in [7, 11) is 0. The maximum absolute atomic E-state index is 6.08. The Balaban J connectivity index is 1.29. The van der Waals surface area contributed by atoms with Crippen LogP contribution in [0.2, 0.25) is 0 Å². The molecule has 0 atom stereocenters. The van der Waals surface area contributed by atoms with E-state index in [1.54, 1.807) is 6.20 Å². The first-order valence-corrected chi connectivity index (χ1v) is 13.3. The third-order valence-electron chi connectivity index (χ3n) is 7.21. The summed E-state index contributed by atoms with van der Waals surface area (Å²) in [5, 5.41) is 4.02. The van der Waals surface area contributed by atoms with Crippen molar-refractivity contribution in [2.75, 3.05) is 0 Å². The van der Waals surface area contributed by atoms with Crippen LogP contribution in [0.3, 0.4) is 0 Å². The molecule has 0 aliphatic rings. The minimum absolute atomic E-state index is 0.610. The fraction of sp³-hybridized carbons (Fsp3) is 0. The zero-order chi connectivity index (χ0) is 27.2. The minimum atomic E-state index is 0.610. The summed E-state index contributed by atoms with van der Waals surface area (Å²) in [4.78, 5) is 24.1. The number of benzene rings is 4. The summed E-state index contributed by atoms with van der Waals surface area (Å²) in [5.41, 5.74) is 5.96. The first kappa shape index (κ1) is 23.2. The van der Waals surface area contributed by atoms with Gasteiger partial charge in [-0.25, -0.2) is 15.0 Å². The molecule has 6 nitrogen and oxygen atoms in total. The van der Waals surface area contributed by atoms with E-state index < -0.39 is 0 Å². The van der Waals surface area contributed by atoms with E-state index in [0.29, 0.717) is 17.5 Å². The van der Waals surface area contributed by atoms with Crippen LogP contribution in [0.25, 0.3) is 78.3 Å². The molecule has 6 heteroatoms. The molecule has 0 aliphatic heterocycles. The molecule has 0 radical (unpaired) electrons. The Hall–Kier alpha value is -5.75. The molecule has 0 bridgehead atoms. The molecule has 8 aromatic rings. The Labute approximate surface area is 235 Å².